The van der Waals surface area contributed by atoms with Gasteiger partial charge in [0.2, 0.25) is 5.82 Å². The Balaban J connectivity index is 1.71. The van der Waals surface area contributed by atoms with E-state index in [0.29, 0.717) is 23.8 Å². The molecule has 8 heteroatoms. The molecule has 1 N–H and O–H groups in total. The van der Waals surface area contributed by atoms with E-state index in [-0.39, 0.29) is 5.82 Å². The smallest absolute Gasteiger partial charge is 0.295 e. The SMILES string of the molecule is CCN(CC)CCOc1ccccc1NC(=O)c1nc2nccc(C)n2n1. The molecule has 8 nitrogen and oxygen atoms in total. The van der Waals surface area contributed by atoms with Gasteiger partial charge in [-0.25, -0.2) is 9.50 Å². The second kappa shape index (κ2) is 8.59. The molecule has 0 aliphatic heterocycles. The number of para-hydroxylation sites is 2. The molecule has 0 unspecified atom stereocenters. The Morgan fingerprint density at radius 1 is 1.22 bits per heavy atom. The Morgan fingerprint density at radius 3 is 2.74 bits per heavy atom. The van der Waals surface area contributed by atoms with E-state index in [1.165, 1.54) is 0 Å². The highest BCUT2D eigenvalue weighted by atomic mass is 16.5. The lowest BCUT2D eigenvalue weighted by molar-refractivity contribution is 0.101. The molecular formula is C19H24N6O2. The van der Waals surface area contributed by atoms with Crippen LogP contribution in [-0.2, 0) is 0 Å². The van der Waals surface area contributed by atoms with Gasteiger partial charge in [-0.2, -0.15) is 4.98 Å². The number of likely N-dealkylation sites (N-methyl/N-ethyl adjacent to an activating group) is 1. The lowest BCUT2D eigenvalue weighted by Gasteiger charge is -2.19. The van der Waals surface area contributed by atoms with Crippen molar-refractivity contribution in [3.8, 4) is 5.75 Å². The molecule has 0 fully saturated rings. The molecule has 2 aromatic heterocycles. The fourth-order valence-corrected chi connectivity index (χ4v) is 2.70. The minimum Gasteiger partial charge on any atom is -0.490 e. The molecule has 0 aliphatic rings. The number of nitrogens with one attached hydrogen (secondary N) is 1. The maximum atomic E-state index is 12.6. The highest BCUT2D eigenvalue weighted by Crippen LogP contribution is 2.24. The zero-order valence-electron chi connectivity index (χ0n) is 15.8. The van der Waals surface area contributed by atoms with Crippen LogP contribution in [0, 0.1) is 6.92 Å². The van der Waals surface area contributed by atoms with Gasteiger partial charge in [0.25, 0.3) is 11.7 Å². The number of carbonyl (C=O) groups excluding carboxylic acids is 1. The van der Waals surface area contributed by atoms with Crippen molar-refractivity contribution in [2.75, 3.05) is 31.6 Å². The number of carbonyl (C=O) groups is 1. The van der Waals surface area contributed by atoms with Crippen molar-refractivity contribution in [2.24, 2.45) is 0 Å². The van der Waals surface area contributed by atoms with Crippen molar-refractivity contribution in [3.63, 3.8) is 0 Å². The molecule has 1 aromatic carbocycles. The van der Waals surface area contributed by atoms with E-state index in [0.717, 1.165) is 25.3 Å². The molecule has 2 heterocycles. The van der Waals surface area contributed by atoms with E-state index in [4.69, 9.17) is 4.74 Å². The second-order valence-electron chi connectivity index (χ2n) is 6.06. The van der Waals surface area contributed by atoms with Crippen LogP contribution in [0.2, 0.25) is 0 Å². The van der Waals surface area contributed by atoms with Gasteiger partial charge in [-0.05, 0) is 38.2 Å². The van der Waals surface area contributed by atoms with Crippen molar-refractivity contribution in [2.45, 2.75) is 20.8 Å². The molecule has 0 saturated heterocycles. The van der Waals surface area contributed by atoms with E-state index in [9.17, 15) is 4.79 Å². The van der Waals surface area contributed by atoms with Crippen LogP contribution in [0.25, 0.3) is 5.78 Å². The fourth-order valence-electron chi connectivity index (χ4n) is 2.70. The van der Waals surface area contributed by atoms with Gasteiger partial charge >= 0.3 is 0 Å². The molecule has 0 radical (unpaired) electrons. The first kappa shape index (κ1) is 18.8. The number of anilines is 1. The highest BCUT2D eigenvalue weighted by Gasteiger charge is 2.16. The Morgan fingerprint density at radius 2 is 2.00 bits per heavy atom. The summed E-state index contributed by atoms with van der Waals surface area (Å²) < 4.78 is 7.41. The number of benzene rings is 1. The van der Waals surface area contributed by atoms with Gasteiger partial charge in [0, 0.05) is 18.4 Å². The summed E-state index contributed by atoms with van der Waals surface area (Å²) in [6.07, 6.45) is 1.64. The van der Waals surface area contributed by atoms with E-state index in [2.05, 4.69) is 39.1 Å². The molecule has 142 valence electrons. The van der Waals surface area contributed by atoms with E-state index >= 15 is 0 Å². The molecule has 1 amide bonds. The molecule has 0 bridgehead atoms. The number of amides is 1. The highest BCUT2D eigenvalue weighted by molar-refractivity contribution is 6.02. The van der Waals surface area contributed by atoms with E-state index < -0.39 is 5.91 Å². The number of ether oxygens (including phenoxy) is 1. The molecule has 3 rings (SSSR count). The van der Waals surface area contributed by atoms with Gasteiger partial charge < -0.3 is 15.0 Å². The summed E-state index contributed by atoms with van der Waals surface area (Å²) in [6, 6.07) is 9.15. The summed E-state index contributed by atoms with van der Waals surface area (Å²) in [5.41, 5.74) is 1.44. The first-order valence-corrected chi connectivity index (χ1v) is 9.06. The summed E-state index contributed by atoms with van der Waals surface area (Å²) in [6.45, 7) is 9.45. The normalized spacial score (nSPS) is 11.1. The maximum absolute atomic E-state index is 12.6. The van der Waals surface area contributed by atoms with Crippen LogP contribution in [0.15, 0.2) is 36.5 Å². The number of aryl methyl sites for hydroxylation is 1. The molecular weight excluding hydrogens is 344 g/mol. The average Bonchev–Trinajstić information content (AvgIpc) is 3.12. The fraction of sp³-hybridized carbons (Fsp3) is 0.368. The van der Waals surface area contributed by atoms with E-state index in [1.54, 1.807) is 16.8 Å². The standard InChI is InChI=1S/C19H24N6O2/c1-4-24(5-2)12-13-27-16-9-7-6-8-15(16)21-18(26)17-22-19-20-11-10-14(3)25(19)23-17/h6-11H,4-5,12-13H2,1-3H3,(H,21,26). The molecule has 0 atom stereocenters. The zero-order chi connectivity index (χ0) is 19.2. The number of hydrogen-bond donors (Lipinski definition) is 1. The quantitative estimate of drug-likeness (QED) is 0.657. The van der Waals surface area contributed by atoms with Gasteiger partial charge in [0.15, 0.2) is 0 Å². The summed E-state index contributed by atoms with van der Waals surface area (Å²) in [5.74, 6) is 0.675. The van der Waals surface area contributed by atoms with Crippen LogP contribution in [0.1, 0.15) is 30.2 Å². The number of hydrogen-bond acceptors (Lipinski definition) is 6. The lowest BCUT2D eigenvalue weighted by Crippen LogP contribution is -2.28. The van der Waals surface area contributed by atoms with Crippen LogP contribution < -0.4 is 10.1 Å². The zero-order valence-corrected chi connectivity index (χ0v) is 15.8. The largest absolute Gasteiger partial charge is 0.490 e. The van der Waals surface area contributed by atoms with Gasteiger partial charge in [0.1, 0.15) is 12.4 Å². The predicted octanol–water partition coefficient (Wildman–Crippen LogP) is 2.41. The molecule has 0 spiro atoms. The topological polar surface area (TPSA) is 84.6 Å². The van der Waals surface area contributed by atoms with Crippen molar-refractivity contribution >= 4 is 17.4 Å². The Hall–Kier alpha value is -3.00. The van der Waals surface area contributed by atoms with Crippen molar-refractivity contribution < 1.29 is 9.53 Å². The van der Waals surface area contributed by atoms with Crippen LogP contribution >= 0.6 is 0 Å². The molecule has 3 aromatic rings. The monoisotopic (exact) mass is 368 g/mol. The molecule has 27 heavy (non-hydrogen) atoms. The average molecular weight is 368 g/mol. The van der Waals surface area contributed by atoms with Crippen molar-refractivity contribution in [1.29, 1.82) is 0 Å². The van der Waals surface area contributed by atoms with Gasteiger partial charge in [-0.3, -0.25) is 4.79 Å². The van der Waals surface area contributed by atoms with Crippen LogP contribution in [0.4, 0.5) is 5.69 Å². The summed E-state index contributed by atoms with van der Waals surface area (Å²) in [5, 5.41) is 7.06. The third-order valence-electron chi connectivity index (χ3n) is 4.33. The number of fused-ring (bicyclic) bond motifs is 1. The van der Waals surface area contributed by atoms with Crippen LogP contribution in [0.5, 0.6) is 5.75 Å². The number of aromatic nitrogens is 4. The maximum Gasteiger partial charge on any atom is 0.295 e. The first-order valence-electron chi connectivity index (χ1n) is 9.06. The van der Waals surface area contributed by atoms with Crippen LogP contribution in [-0.4, -0.2) is 56.6 Å². The van der Waals surface area contributed by atoms with Gasteiger partial charge in [-0.1, -0.05) is 26.0 Å². The number of rotatable bonds is 8. The minimum atomic E-state index is -0.403. The summed E-state index contributed by atoms with van der Waals surface area (Å²) >= 11 is 0. The Kier molecular flexibility index (Phi) is 5.97. The van der Waals surface area contributed by atoms with Crippen LogP contribution in [0.3, 0.4) is 0 Å². The lowest BCUT2D eigenvalue weighted by atomic mass is 10.3. The first-order chi connectivity index (χ1) is 13.1. The number of nitrogens with zero attached hydrogens (tertiary/aromatic N) is 5. The Labute approximate surface area is 158 Å². The minimum absolute atomic E-state index is 0.0646. The molecule has 0 saturated carbocycles. The summed E-state index contributed by atoms with van der Waals surface area (Å²) in [4.78, 5) is 23.2. The van der Waals surface area contributed by atoms with Gasteiger partial charge in [0.05, 0.1) is 5.69 Å². The third kappa shape index (κ3) is 4.40. The van der Waals surface area contributed by atoms with Gasteiger partial charge in [-0.15, -0.1) is 5.10 Å². The Bertz CT molecular complexity index is 919. The molecule has 0 aliphatic carbocycles. The van der Waals surface area contributed by atoms with Crippen molar-refractivity contribution in [1.82, 2.24) is 24.5 Å². The van der Waals surface area contributed by atoms with Crippen molar-refractivity contribution in [3.05, 3.63) is 48.0 Å². The third-order valence-corrected chi connectivity index (χ3v) is 4.33. The second-order valence-corrected chi connectivity index (χ2v) is 6.06. The predicted molar refractivity (Wildman–Crippen MR) is 103 cm³/mol. The van der Waals surface area contributed by atoms with E-state index in [1.807, 2.05) is 31.2 Å². The summed E-state index contributed by atoms with van der Waals surface area (Å²) in [7, 11) is 0.